The predicted molar refractivity (Wildman–Crippen MR) is 86.7 cm³/mol. The van der Waals surface area contributed by atoms with Crippen molar-refractivity contribution >= 4 is 11.9 Å². The quantitative estimate of drug-likeness (QED) is 0.644. The van der Waals surface area contributed by atoms with Crippen LogP contribution in [0.1, 0.15) is 50.8 Å². The maximum absolute atomic E-state index is 12.2. The van der Waals surface area contributed by atoms with Gasteiger partial charge in [0.05, 0.1) is 13.0 Å². The van der Waals surface area contributed by atoms with E-state index in [0.717, 1.165) is 50.9 Å². The summed E-state index contributed by atoms with van der Waals surface area (Å²) in [6, 6.07) is -0.0903. The highest BCUT2D eigenvalue weighted by atomic mass is 16.5. The molecular formula is C17H27N3O3. The molecule has 1 saturated carbocycles. The highest BCUT2D eigenvalue weighted by molar-refractivity contribution is 5.78. The van der Waals surface area contributed by atoms with Crippen molar-refractivity contribution in [3.8, 4) is 0 Å². The van der Waals surface area contributed by atoms with Gasteiger partial charge >= 0.3 is 5.97 Å². The van der Waals surface area contributed by atoms with Crippen LogP contribution in [0.4, 0.5) is 0 Å². The molecule has 1 aliphatic carbocycles. The number of ether oxygens (including phenoxy) is 1. The van der Waals surface area contributed by atoms with Crippen LogP contribution in [0.2, 0.25) is 0 Å². The highest BCUT2D eigenvalue weighted by Crippen LogP contribution is 2.24. The third-order valence-electron chi connectivity index (χ3n) is 4.59. The standard InChI is InChI=1S/C17H27N3O3/c1-13-18-10-12-20(13)11-6-9-16(21)19-15-8-5-3-4-7-14(15)17(22)23-2/h10,12,14-15H,3-9,11H2,1-2H3,(H,19,21). The molecule has 0 saturated heterocycles. The molecule has 2 atom stereocenters. The largest absolute Gasteiger partial charge is 0.469 e. The van der Waals surface area contributed by atoms with Gasteiger partial charge in [0.25, 0.3) is 0 Å². The predicted octanol–water partition coefficient (Wildman–Crippen LogP) is 2.21. The van der Waals surface area contributed by atoms with Gasteiger partial charge in [-0.3, -0.25) is 9.59 Å². The molecule has 2 rings (SSSR count). The average molecular weight is 321 g/mol. The smallest absolute Gasteiger partial charge is 0.310 e. The lowest BCUT2D eigenvalue weighted by Gasteiger charge is -2.24. The first kappa shape index (κ1) is 17.5. The number of hydrogen-bond donors (Lipinski definition) is 1. The first-order valence-corrected chi connectivity index (χ1v) is 8.46. The minimum Gasteiger partial charge on any atom is -0.469 e. The number of imidazole rings is 1. The molecule has 128 valence electrons. The van der Waals surface area contributed by atoms with Gasteiger partial charge in [0.2, 0.25) is 5.91 Å². The Hall–Kier alpha value is -1.85. The molecule has 0 radical (unpaired) electrons. The van der Waals surface area contributed by atoms with E-state index in [0.29, 0.717) is 6.42 Å². The van der Waals surface area contributed by atoms with Crippen LogP contribution >= 0.6 is 0 Å². The van der Waals surface area contributed by atoms with Gasteiger partial charge in [0, 0.05) is 31.4 Å². The number of nitrogens with one attached hydrogen (secondary N) is 1. The molecule has 6 heteroatoms. The van der Waals surface area contributed by atoms with Crippen molar-refractivity contribution in [3.63, 3.8) is 0 Å². The molecule has 1 amide bonds. The topological polar surface area (TPSA) is 73.2 Å². The van der Waals surface area contributed by atoms with Gasteiger partial charge in [0.1, 0.15) is 5.82 Å². The van der Waals surface area contributed by atoms with E-state index >= 15 is 0 Å². The molecule has 1 aromatic heterocycles. The fourth-order valence-electron chi connectivity index (χ4n) is 3.24. The minimum atomic E-state index is -0.206. The van der Waals surface area contributed by atoms with Crippen LogP contribution < -0.4 is 5.32 Å². The van der Waals surface area contributed by atoms with Crippen LogP contribution in [0.25, 0.3) is 0 Å². The van der Waals surface area contributed by atoms with E-state index in [1.807, 2.05) is 17.7 Å². The maximum atomic E-state index is 12.2. The average Bonchev–Trinajstić information content (AvgIpc) is 2.81. The van der Waals surface area contributed by atoms with Crippen LogP contribution in [0.15, 0.2) is 12.4 Å². The Labute approximate surface area is 137 Å². The van der Waals surface area contributed by atoms with Gasteiger partial charge in [-0.1, -0.05) is 19.3 Å². The summed E-state index contributed by atoms with van der Waals surface area (Å²) in [5.74, 6) is 0.567. The normalized spacial score (nSPS) is 21.5. The summed E-state index contributed by atoms with van der Waals surface area (Å²) in [6.07, 6.45) is 9.74. The molecule has 0 aromatic carbocycles. The number of methoxy groups -OCH3 is 1. The SMILES string of the molecule is COC(=O)C1CCCCCC1NC(=O)CCCn1ccnc1C. The summed E-state index contributed by atoms with van der Waals surface area (Å²) in [5, 5.41) is 3.05. The van der Waals surface area contributed by atoms with Crippen molar-refractivity contribution in [2.75, 3.05) is 7.11 Å². The molecule has 1 heterocycles. The van der Waals surface area contributed by atoms with Crippen LogP contribution in [0.3, 0.4) is 0 Å². The first-order chi connectivity index (χ1) is 11.1. The van der Waals surface area contributed by atoms with Gasteiger partial charge in [-0.2, -0.15) is 0 Å². The van der Waals surface area contributed by atoms with E-state index < -0.39 is 0 Å². The van der Waals surface area contributed by atoms with E-state index in [1.54, 1.807) is 6.20 Å². The zero-order valence-corrected chi connectivity index (χ0v) is 14.1. The molecule has 0 spiro atoms. The Balaban J connectivity index is 1.81. The van der Waals surface area contributed by atoms with E-state index in [1.165, 1.54) is 7.11 Å². The minimum absolute atomic E-state index is 0.0172. The molecule has 0 aliphatic heterocycles. The number of carbonyl (C=O) groups excluding carboxylic acids is 2. The number of amides is 1. The first-order valence-electron chi connectivity index (χ1n) is 8.46. The molecule has 2 unspecified atom stereocenters. The molecule has 23 heavy (non-hydrogen) atoms. The van der Waals surface area contributed by atoms with Crippen molar-refractivity contribution in [1.82, 2.24) is 14.9 Å². The second kappa shape index (κ2) is 8.70. The fraction of sp³-hybridized carbons (Fsp3) is 0.706. The zero-order chi connectivity index (χ0) is 16.7. The Kier molecular flexibility index (Phi) is 6.62. The van der Waals surface area contributed by atoms with Crippen LogP contribution in [0, 0.1) is 12.8 Å². The summed E-state index contributed by atoms with van der Waals surface area (Å²) in [4.78, 5) is 28.3. The summed E-state index contributed by atoms with van der Waals surface area (Å²) in [6.45, 7) is 2.73. The lowest BCUT2D eigenvalue weighted by molar-refractivity contribution is -0.147. The van der Waals surface area contributed by atoms with Crippen LogP contribution in [-0.2, 0) is 20.9 Å². The van der Waals surface area contributed by atoms with E-state index in [9.17, 15) is 9.59 Å². The van der Waals surface area contributed by atoms with Crippen molar-refractivity contribution in [2.24, 2.45) is 5.92 Å². The maximum Gasteiger partial charge on any atom is 0.310 e. The fourth-order valence-corrected chi connectivity index (χ4v) is 3.24. The summed E-state index contributed by atoms with van der Waals surface area (Å²) in [5.41, 5.74) is 0. The monoisotopic (exact) mass is 321 g/mol. The summed E-state index contributed by atoms with van der Waals surface area (Å²) < 4.78 is 6.94. The lowest BCUT2D eigenvalue weighted by atomic mass is 9.94. The molecule has 1 N–H and O–H groups in total. The number of nitrogens with zero attached hydrogens (tertiary/aromatic N) is 2. The van der Waals surface area contributed by atoms with Crippen LogP contribution in [-0.4, -0.2) is 34.6 Å². The zero-order valence-electron chi connectivity index (χ0n) is 14.1. The van der Waals surface area contributed by atoms with Gasteiger partial charge in [0.15, 0.2) is 0 Å². The second-order valence-electron chi connectivity index (χ2n) is 6.21. The Morgan fingerprint density at radius 2 is 2.13 bits per heavy atom. The molecule has 1 fully saturated rings. The Morgan fingerprint density at radius 1 is 1.35 bits per heavy atom. The summed E-state index contributed by atoms with van der Waals surface area (Å²) >= 11 is 0. The number of aromatic nitrogens is 2. The molecule has 1 aliphatic rings. The van der Waals surface area contributed by atoms with Crippen molar-refractivity contribution in [1.29, 1.82) is 0 Å². The van der Waals surface area contributed by atoms with Gasteiger partial charge in [-0.25, -0.2) is 4.98 Å². The van der Waals surface area contributed by atoms with Crippen molar-refractivity contribution in [3.05, 3.63) is 18.2 Å². The Morgan fingerprint density at radius 3 is 2.83 bits per heavy atom. The van der Waals surface area contributed by atoms with Crippen molar-refractivity contribution in [2.45, 2.75) is 64.5 Å². The number of aryl methyl sites for hydroxylation is 2. The number of rotatable bonds is 6. The molecular weight excluding hydrogens is 294 g/mol. The Bertz CT molecular complexity index is 527. The molecule has 6 nitrogen and oxygen atoms in total. The van der Waals surface area contributed by atoms with Gasteiger partial charge in [-0.05, 0) is 26.2 Å². The number of carbonyl (C=O) groups is 2. The summed E-state index contributed by atoms with van der Waals surface area (Å²) in [7, 11) is 1.42. The lowest BCUT2D eigenvalue weighted by Crippen LogP contribution is -2.43. The van der Waals surface area contributed by atoms with Gasteiger partial charge < -0.3 is 14.6 Å². The van der Waals surface area contributed by atoms with E-state index in [-0.39, 0.29) is 23.8 Å². The molecule has 0 bridgehead atoms. The third-order valence-corrected chi connectivity index (χ3v) is 4.59. The van der Waals surface area contributed by atoms with Gasteiger partial charge in [-0.15, -0.1) is 0 Å². The van der Waals surface area contributed by atoms with Crippen molar-refractivity contribution < 1.29 is 14.3 Å². The number of esters is 1. The number of hydrogen-bond acceptors (Lipinski definition) is 4. The van der Waals surface area contributed by atoms with Crippen LogP contribution in [0.5, 0.6) is 0 Å². The van der Waals surface area contributed by atoms with E-state index in [4.69, 9.17) is 4.74 Å². The highest BCUT2D eigenvalue weighted by Gasteiger charge is 2.31. The van der Waals surface area contributed by atoms with E-state index in [2.05, 4.69) is 10.3 Å². The third kappa shape index (κ3) is 5.08. The second-order valence-corrected chi connectivity index (χ2v) is 6.21. The molecule has 1 aromatic rings.